The molecule has 2 aliphatic rings. The number of aryl methyl sites for hydroxylation is 1. The molecule has 5 nitrogen and oxygen atoms in total. The summed E-state index contributed by atoms with van der Waals surface area (Å²) >= 11 is 0. The van der Waals surface area contributed by atoms with E-state index >= 15 is 0 Å². The van der Waals surface area contributed by atoms with E-state index in [4.69, 9.17) is 4.74 Å². The van der Waals surface area contributed by atoms with Gasteiger partial charge in [0.05, 0.1) is 6.61 Å². The van der Waals surface area contributed by atoms with E-state index in [1.54, 1.807) is 7.11 Å². The minimum atomic E-state index is -0.109. The molecular formula is C22H30N2O3. The minimum Gasteiger partial charge on any atom is -0.383 e. The van der Waals surface area contributed by atoms with E-state index in [9.17, 15) is 9.59 Å². The molecule has 1 aromatic rings. The van der Waals surface area contributed by atoms with Crippen LogP contribution in [0.15, 0.2) is 42.1 Å². The van der Waals surface area contributed by atoms with Crippen molar-refractivity contribution in [1.82, 2.24) is 10.2 Å². The third kappa shape index (κ3) is 4.78. The van der Waals surface area contributed by atoms with E-state index < -0.39 is 0 Å². The molecule has 3 rings (SSSR count). The molecule has 2 amide bonds. The zero-order chi connectivity index (χ0) is 19.1. The molecule has 0 aromatic heterocycles. The van der Waals surface area contributed by atoms with E-state index in [-0.39, 0.29) is 17.2 Å². The Kier molecular flexibility index (Phi) is 6.67. The SMILES string of the molecule is COCCN1C(=O)CCC2(CNC(=O)CCc3ccccc3)CCCC=C12. The Morgan fingerprint density at radius 2 is 2.07 bits per heavy atom. The van der Waals surface area contributed by atoms with E-state index in [0.29, 0.717) is 32.5 Å². The molecule has 1 aliphatic carbocycles. The van der Waals surface area contributed by atoms with E-state index in [2.05, 4.69) is 11.4 Å². The highest BCUT2D eigenvalue weighted by atomic mass is 16.5. The third-order valence-corrected chi connectivity index (χ3v) is 5.78. The summed E-state index contributed by atoms with van der Waals surface area (Å²) in [7, 11) is 1.66. The summed E-state index contributed by atoms with van der Waals surface area (Å²) in [6, 6.07) is 10.1. The number of piperidine rings is 1. The molecular weight excluding hydrogens is 340 g/mol. The molecule has 1 saturated heterocycles. The molecule has 1 unspecified atom stereocenters. The second-order valence-electron chi connectivity index (χ2n) is 7.56. The van der Waals surface area contributed by atoms with Crippen LogP contribution in [0, 0.1) is 5.41 Å². The summed E-state index contributed by atoms with van der Waals surface area (Å²) < 4.78 is 5.19. The van der Waals surface area contributed by atoms with Crippen LogP contribution in [-0.4, -0.2) is 43.5 Å². The Bertz CT molecular complexity index is 686. The molecule has 1 heterocycles. The van der Waals surface area contributed by atoms with Gasteiger partial charge in [0.25, 0.3) is 0 Å². The van der Waals surface area contributed by atoms with Crippen molar-refractivity contribution < 1.29 is 14.3 Å². The second-order valence-corrected chi connectivity index (χ2v) is 7.56. The lowest BCUT2D eigenvalue weighted by Crippen LogP contribution is -2.51. The Morgan fingerprint density at radius 3 is 2.85 bits per heavy atom. The van der Waals surface area contributed by atoms with Crippen molar-refractivity contribution in [2.75, 3.05) is 26.8 Å². The smallest absolute Gasteiger partial charge is 0.226 e. The molecule has 27 heavy (non-hydrogen) atoms. The number of methoxy groups -OCH3 is 1. The fourth-order valence-electron chi connectivity index (χ4n) is 4.24. The van der Waals surface area contributed by atoms with Crippen molar-refractivity contribution in [3.8, 4) is 0 Å². The van der Waals surface area contributed by atoms with Gasteiger partial charge in [-0.3, -0.25) is 9.59 Å². The first-order valence-corrected chi connectivity index (χ1v) is 9.95. The summed E-state index contributed by atoms with van der Waals surface area (Å²) in [4.78, 5) is 26.7. The number of carbonyl (C=O) groups excluding carboxylic acids is 2. The largest absolute Gasteiger partial charge is 0.383 e. The van der Waals surface area contributed by atoms with Crippen molar-refractivity contribution in [2.24, 2.45) is 5.41 Å². The van der Waals surface area contributed by atoms with Gasteiger partial charge in [-0.1, -0.05) is 36.4 Å². The third-order valence-electron chi connectivity index (χ3n) is 5.78. The molecule has 0 saturated carbocycles. The van der Waals surface area contributed by atoms with Gasteiger partial charge in [0.1, 0.15) is 0 Å². The lowest BCUT2D eigenvalue weighted by Gasteiger charge is -2.47. The lowest BCUT2D eigenvalue weighted by atomic mass is 9.69. The standard InChI is InChI=1S/C22H30N2O3/c1-27-16-15-24-19-9-5-6-13-22(19,14-12-21(24)26)17-23-20(25)11-10-18-7-3-2-4-8-18/h2-4,7-9H,5-6,10-17H2,1H3,(H,23,25). The number of ether oxygens (including phenoxy) is 1. The summed E-state index contributed by atoms with van der Waals surface area (Å²) in [5.41, 5.74) is 2.17. The highest BCUT2D eigenvalue weighted by molar-refractivity contribution is 5.80. The van der Waals surface area contributed by atoms with Gasteiger partial charge in [0.15, 0.2) is 0 Å². The predicted octanol–water partition coefficient (Wildman–Crippen LogP) is 3.06. The second kappa shape index (κ2) is 9.18. The van der Waals surface area contributed by atoms with Crippen LogP contribution >= 0.6 is 0 Å². The number of fused-ring (bicyclic) bond motifs is 1. The Morgan fingerprint density at radius 1 is 1.26 bits per heavy atom. The number of allylic oxidation sites excluding steroid dienone is 1. The first-order valence-electron chi connectivity index (χ1n) is 9.95. The minimum absolute atomic E-state index is 0.0819. The number of hydrogen-bond donors (Lipinski definition) is 1. The van der Waals surface area contributed by atoms with Gasteiger partial charge in [-0.15, -0.1) is 0 Å². The molecule has 146 valence electrons. The zero-order valence-electron chi connectivity index (χ0n) is 16.2. The molecule has 1 aromatic carbocycles. The van der Waals surface area contributed by atoms with Gasteiger partial charge < -0.3 is 15.0 Å². The zero-order valence-corrected chi connectivity index (χ0v) is 16.2. The summed E-state index contributed by atoms with van der Waals surface area (Å²) in [5, 5.41) is 3.16. The topological polar surface area (TPSA) is 58.6 Å². The highest BCUT2D eigenvalue weighted by Crippen LogP contribution is 2.46. The molecule has 1 N–H and O–H groups in total. The number of rotatable bonds is 8. The van der Waals surface area contributed by atoms with Gasteiger partial charge in [-0.05, 0) is 37.7 Å². The molecule has 0 spiro atoms. The monoisotopic (exact) mass is 370 g/mol. The normalized spacial score (nSPS) is 22.2. The number of carbonyl (C=O) groups is 2. The summed E-state index contributed by atoms with van der Waals surface area (Å²) in [6.45, 7) is 1.73. The number of nitrogens with zero attached hydrogens (tertiary/aromatic N) is 1. The quantitative estimate of drug-likeness (QED) is 0.765. The first-order chi connectivity index (χ1) is 13.1. The van der Waals surface area contributed by atoms with Gasteiger partial charge >= 0.3 is 0 Å². The van der Waals surface area contributed by atoms with Crippen LogP contribution in [0.2, 0.25) is 0 Å². The molecule has 0 bridgehead atoms. The van der Waals surface area contributed by atoms with Gasteiger partial charge in [0.2, 0.25) is 11.8 Å². The van der Waals surface area contributed by atoms with Crippen LogP contribution in [-0.2, 0) is 20.7 Å². The van der Waals surface area contributed by atoms with Crippen molar-refractivity contribution in [3.63, 3.8) is 0 Å². The van der Waals surface area contributed by atoms with Crippen molar-refractivity contribution >= 4 is 11.8 Å². The summed E-state index contributed by atoms with van der Waals surface area (Å²) in [5.74, 6) is 0.254. The van der Waals surface area contributed by atoms with Crippen LogP contribution in [0.1, 0.15) is 44.1 Å². The van der Waals surface area contributed by atoms with Gasteiger partial charge in [-0.25, -0.2) is 0 Å². The van der Waals surface area contributed by atoms with E-state index in [1.165, 1.54) is 5.56 Å². The van der Waals surface area contributed by atoms with Crippen molar-refractivity contribution in [2.45, 2.75) is 44.9 Å². The van der Waals surface area contributed by atoms with Gasteiger partial charge in [0, 0.05) is 44.2 Å². The predicted molar refractivity (Wildman–Crippen MR) is 105 cm³/mol. The Labute approximate surface area is 161 Å². The Balaban J connectivity index is 1.61. The number of likely N-dealkylation sites (tertiary alicyclic amines) is 1. The van der Waals surface area contributed by atoms with E-state index in [1.807, 2.05) is 35.2 Å². The van der Waals surface area contributed by atoms with Crippen molar-refractivity contribution in [1.29, 1.82) is 0 Å². The number of amides is 2. The number of nitrogens with one attached hydrogen (secondary N) is 1. The maximum absolute atomic E-state index is 12.4. The molecule has 5 heteroatoms. The first kappa shape index (κ1) is 19.6. The maximum atomic E-state index is 12.4. The number of benzene rings is 1. The Hall–Kier alpha value is -2.14. The van der Waals surface area contributed by atoms with Gasteiger partial charge in [-0.2, -0.15) is 0 Å². The average Bonchev–Trinajstić information content (AvgIpc) is 2.71. The van der Waals surface area contributed by atoms with Crippen LogP contribution in [0.5, 0.6) is 0 Å². The van der Waals surface area contributed by atoms with E-state index in [0.717, 1.165) is 37.8 Å². The van der Waals surface area contributed by atoms with Crippen LogP contribution in [0.3, 0.4) is 0 Å². The fourth-order valence-corrected chi connectivity index (χ4v) is 4.24. The van der Waals surface area contributed by atoms with Crippen molar-refractivity contribution in [3.05, 3.63) is 47.7 Å². The highest BCUT2D eigenvalue weighted by Gasteiger charge is 2.44. The molecule has 1 atom stereocenters. The summed E-state index contributed by atoms with van der Waals surface area (Å²) in [6.07, 6.45) is 7.93. The molecule has 1 aliphatic heterocycles. The van der Waals surface area contributed by atoms with Crippen LogP contribution < -0.4 is 5.32 Å². The average molecular weight is 370 g/mol. The number of hydrogen-bond acceptors (Lipinski definition) is 3. The van der Waals surface area contributed by atoms with Crippen LogP contribution in [0.25, 0.3) is 0 Å². The molecule has 1 fully saturated rings. The maximum Gasteiger partial charge on any atom is 0.226 e. The molecule has 0 radical (unpaired) electrons. The fraction of sp³-hybridized carbons (Fsp3) is 0.545. The lowest BCUT2D eigenvalue weighted by molar-refractivity contribution is -0.134. The van der Waals surface area contributed by atoms with Crippen LogP contribution in [0.4, 0.5) is 0 Å².